The van der Waals surface area contributed by atoms with Crippen molar-refractivity contribution in [3.8, 4) is 11.5 Å². The third-order valence-electron chi connectivity index (χ3n) is 5.47. The summed E-state index contributed by atoms with van der Waals surface area (Å²) in [5, 5.41) is 11.3. The van der Waals surface area contributed by atoms with Gasteiger partial charge in [-0.3, -0.25) is 0 Å². The van der Waals surface area contributed by atoms with Crippen molar-refractivity contribution in [3.05, 3.63) is 59.2 Å². The van der Waals surface area contributed by atoms with Crippen molar-refractivity contribution in [2.75, 3.05) is 27.4 Å². The highest BCUT2D eigenvalue weighted by molar-refractivity contribution is 5.44. The predicted octanol–water partition coefficient (Wildman–Crippen LogP) is 3.51. The lowest BCUT2D eigenvalue weighted by atomic mass is 9.63. The lowest BCUT2D eigenvalue weighted by Gasteiger charge is -2.46. The molecule has 138 valence electrons. The second kappa shape index (κ2) is 6.91. The first kappa shape index (κ1) is 17.3. The Labute approximate surface area is 153 Å². The summed E-state index contributed by atoms with van der Waals surface area (Å²) in [6, 6.07) is 13.7. The number of hydrogen-bond acceptors (Lipinski definition) is 5. The average molecular weight is 356 g/mol. The van der Waals surface area contributed by atoms with Crippen LogP contribution >= 0.6 is 0 Å². The van der Waals surface area contributed by atoms with Crippen LogP contribution in [0.5, 0.6) is 11.5 Å². The summed E-state index contributed by atoms with van der Waals surface area (Å²) in [6.45, 7) is 1.24. The summed E-state index contributed by atoms with van der Waals surface area (Å²) in [5.74, 6) is 1.48. The van der Waals surface area contributed by atoms with Gasteiger partial charge in [-0.25, -0.2) is 0 Å². The van der Waals surface area contributed by atoms with E-state index in [0.717, 1.165) is 41.0 Å². The van der Waals surface area contributed by atoms with Crippen LogP contribution in [-0.4, -0.2) is 32.5 Å². The molecule has 0 unspecified atom stereocenters. The number of hydrogen-bond donors (Lipinski definition) is 1. The average Bonchev–Trinajstić information content (AvgIpc) is 3.21. The van der Waals surface area contributed by atoms with Crippen LogP contribution in [0.25, 0.3) is 0 Å². The van der Waals surface area contributed by atoms with E-state index in [2.05, 4.69) is 0 Å². The molecule has 2 aliphatic rings. The summed E-state index contributed by atoms with van der Waals surface area (Å²) in [4.78, 5) is 0. The van der Waals surface area contributed by atoms with Gasteiger partial charge in [0.25, 0.3) is 0 Å². The number of methoxy groups -OCH3 is 2. The van der Waals surface area contributed by atoms with E-state index in [-0.39, 0.29) is 12.2 Å². The molecule has 1 saturated carbocycles. The maximum absolute atomic E-state index is 11.3. The summed E-state index contributed by atoms with van der Waals surface area (Å²) in [5.41, 5.74) is 2.04. The molecular formula is C21H24O5. The van der Waals surface area contributed by atoms with Crippen molar-refractivity contribution in [3.63, 3.8) is 0 Å². The van der Waals surface area contributed by atoms with Crippen molar-refractivity contribution < 1.29 is 24.1 Å². The van der Waals surface area contributed by atoms with E-state index in [9.17, 15) is 5.11 Å². The first-order valence-corrected chi connectivity index (χ1v) is 8.93. The summed E-state index contributed by atoms with van der Waals surface area (Å²) < 4.78 is 21.8. The van der Waals surface area contributed by atoms with Gasteiger partial charge < -0.3 is 24.1 Å². The Morgan fingerprint density at radius 3 is 2.04 bits per heavy atom. The molecule has 1 aliphatic heterocycles. The Kier molecular flexibility index (Phi) is 4.61. The number of ether oxygens (including phenoxy) is 4. The molecule has 1 aliphatic carbocycles. The van der Waals surface area contributed by atoms with Gasteiger partial charge >= 0.3 is 0 Å². The van der Waals surface area contributed by atoms with Crippen LogP contribution in [-0.2, 0) is 15.1 Å². The topological polar surface area (TPSA) is 57.2 Å². The Hall–Kier alpha value is -2.08. The minimum absolute atomic E-state index is 0.0105. The maximum atomic E-state index is 11.3. The van der Waals surface area contributed by atoms with Gasteiger partial charge in [-0.05, 0) is 36.1 Å². The summed E-state index contributed by atoms with van der Waals surface area (Å²) >= 11 is 0. The van der Waals surface area contributed by atoms with Crippen molar-refractivity contribution >= 4 is 0 Å². The van der Waals surface area contributed by atoms with Crippen molar-refractivity contribution in [2.24, 2.45) is 0 Å². The number of rotatable bonds is 5. The highest BCUT2D eigenvalue weighted by atomic mass is 16.7. The first-order valence-electron chi connectivity index (χ1n) is 8.93. The number of benzene rings is 2. The Bertz CT molecular complexity index is 744. The molecule has 0 aromatic heterocycles. The van der Waals surface area contributed by atoms with Gasteiger partial charge in [0.05, 0.1) is 33.0 Å². The fourth-order valence-electron chi connectivity index (χ4n) is 3.86. The van der Waals surface area contributed by atoms with Crippen molar-refractivity contribution in [1.29, 1.82) is 0 Å². The van der Waals surface area contributed by atoms with E-state index in [1.807, 2.05) is 42.5 Å². The highest BCUT2D eigenvalue weighted by Gasteiger charge is 2.47. The van der Waals surface area contributed by atoms with Crippen LogP contribution in [0.15, 0.2) is 42.5 Å². The molecule has 0 bridgehead atoms. The smallest absolute Gasteiger partial charge is 0.184 e. The molecule has 0 amide bonds. The molecule has 0 radical (unpaired) electrons. The molecule has 1 heterocycles. The Morgan fingerprint density at radius 1 is 0.923 bits per heavy atom. The molecule has 4 rings (SSSR count). The van der Waals surface area contributed by atoms with E-state index < -0.39 is 5.60 Å². The highest BCUT2D eigenvalue weighted by Crippen LogP contribution is 2.53. The predicted molar refractivity (Wildman–Crippen MR) is 96.5 cm³/mol. The number of aliphatic hydroxyl groups is 1. The van der Waals surface area contributed by atoms with Crippen LogP contribution in [0.1, 0.15) is 41.7 Å². The van der Waals surface area contributed by atoms with Crippen LogP contribution in [0, 0.1) is 0 Å². The lowest BCUT2D eigenvalue weighted by Crippen LogP contribution is -2.42. The molecule has 2 aromatic rings. The van der Waals surface area contributed by atoms with Gasteiger partial charge in [0.15, 0.2) is 6.29 Å². The molecule has 1 N–H and O–H groups in total. The van der Waals surface area contributed by atoms with Gasteiger partial charge in [-0.2, -0.15) is 0 Å². The van der Waals surface area contributed by atoms with Crippen LogP contribution < -0.4 is 9.47 Å². The minimum Gasteiger partial charge on any atom is -0.497 e. The fourth-order valence-corrected chi connectivity index (χ4v) is 3.86. The van der Waals surface area contributed by atoms with E-state index in [1.165, 1.54) is 0 Å². The zero-order valence-corrected chi connectivity index (χ0v) is 15.1. The first-order chi connectivity index (χ1) is 12.6. The van der Waals surface area contributed by atoms with E-state index in [1.54, 1.807) is 14.2 Å². The molecule has 1 saturated heterocycles. The monoisotopic (exact) mass is 356 g/mol. The minimum atomic E-state index is -0.882. The Balaban J connectivity index is 1.60. The zero-order chi connectivity index (χ0) is 18.1. The van der Waals surface area contributed by atoms with Crippen LogP contribution in [0.2, 0.25) is 0 Å². The molecule has 2 fully saturated rings. The van der Waals surface area contributed by atoms with Gasteiger partial charge in [0.1, 0.15) is 11.5 Å². The summed E-state index contributed by atoms with van der Waals surface area (Å²) in [7, 11) is 3.27. The molecule has 2 aromatic carbocycles. The van der Waals surface area contributed by atoms with Gasteiger partial charge in [0.2, 0.25) is 0 Å². The van der Waals surface area contributed by atoms with Gasteiger partial charge in [-0.15, -0.1) is 0 Å². The van der Waals surface area contributed by atoms with Crippen LogP contribution in [0.3, 0.4) is 0 Å². The van der Waals surface area contributed by atoms with Gasteiger partial charge in [-0.1, -0.05) is 24.3 Å². The molecule has 5 nitrogen and oxygen atoms in total. The lowest BCUT2D eigenvalue weighted by molar-refractivity contribution is -0.0649. The van der Waals surface area contributed by atoms with Crippen molar-refractivity contribution in [2.45, 2.75) is 30.7 Å². The van der Waals surface area contributed by atoms with E-state index in [0.29, 0.717) is 13.2 Å². The van der Waals surface area contributed by atoms with E-state index in [4.69, 9.17) is 18.9 Å². The largest absolute Gasteiger partial charge is 0.497 e. The van der Waals surface area contributed by atoms with Crippen LogP contribution in [0.4, 0.5) is 0 Å². The Morgan fingerprint density at radius 2 is 1.54 bits per heavy atom. The molecule has 2 atom stereocenters. The second-order valence-corrected chi connectivity index (χ2v) is 6.86. The normalized spacial score (nSPS) is 25.7. The zero-order valence-electron chi connectivity index (χ0n) is 15.1. The van der Waals surface area contributed by atoms with E-state index >= 15 is 0 Å². The fraction of sp³-hybridized carbons (Fsp3) is 0.429. The summed E-state index contributed by atoms with van der Waals surface area (Å²) in [6.07, 6.45) is 1.36. The SMILES string of the molecule is COc1cc(OC)cc([C@H]2CC[C@]2(O)c2ccc(C3OCCO3)cc2)c1. The third kappa shape index (κ3) is 2.96. The second-order valence-electron chi connectivity index (χ2n) is 6.86. The molecular weight excluding hydrogens is 332 g/mol. The standard InChI is InChI=1S/C21H24O5/c1-23-17-11-15(12-18(13-17)24-2)19-7-8-21(19,22)16-5-3-14(4-6-16)20-25-9-10-26-20/h3-6,11-13,19-20,22H,7-10H2,1-2H3/t19-,21+/m1/s1. The van der Waals surface area contributed by atoms with Crippen molar-refractivity contribution in [1.82, 2.24) is 0 Å². The third-order valence-corrected chi connectivity index (χ3v) is 5.47. The molecule has 5 heteroatoms. The maximum Gasteiger partial charge on any atom is 0.184 e. The quantitative estimate of drug-likeness (QED) is 0.888. The molecule has 0 spiro atoms. The van der Waals surface area contributed by atoms with Gasteiger partial charge in [0, 0.05) is 17.5 Å². The molecule has 26 heavy (non-hydrogen) atoms.